The highest BCUT2D eigenvalue weighted by molar-refractivity contribution is 6.07. The van der Waals surface area contributed by atoms with E-state index in [0.717, 1.165) is 17.7 Å². The van der Waals surface area contributed by atoms with Crippen molar-refractivity contribution in [3.8, 4) is 0 Å². The van der Waals surface area contributed by atoms with E-state index in [-0.39, 0.29) is 41.9 Å². The summed E-state index contributed by atoms with van der Waals surface area (Å²) in [4.78, 5) is 50.7. The lowest BCUT2D eigenvalue weighted by Gasteiger charge is -2.28. The number of carbonyl (C=O) groups excluding carboxylic acids is 4. The first-order valence-electron chi connectivity index (χ1n) is 7.62. The molecular formula is C15H20N2O4. The van der Waals surface area contributed by atoms with Crippen molar-refractivity contribution in [2.45, 2.75) is 32.6 Å². The van der Waals surface area contributed by atoms with Gasteiger partial charge in [0.05, 0.1) is 11.8 Å². The summed E-state index contributed by atoms with van der Waals surface area (Å²) in [6.45, 7) is 2.70. The number of amides is 3. The van der Waals surface area contributed by atoms with Crippen LogP contribution < -0.4 is 0 Å². The molecular weight excluding hydrogens is 272 g/mol. The Labute approximate surface area is 123 Å². The zero-order valence-corrected chi connectivity index (χ0v) is 12.2. The maximum absolute atomic E-state index is 12.3. The standard InChI is InChI=1S/C15H20N2O4/c1-9-6-11-12(7-9)15(21)17(14(11)20)8-13(19)16-4-2-10(18)3-5-16/h9,11-12H,2-8H2,1H3. The first-order valence-corrected chi connectivity index (χ1v) is 7.62. The number of likely N-dealkylation sites (tertiary alicyclic amines) is 2. The number of imide groups is 1. The minimum absolute atomic E-state index is 0.159. The Kier molecular flexibility index (Phi) is 3.55. The zero-order chi connectivity index (χ0) is 15.1. The monoisotopic (exact) mass is 292 g/mol. The van der Waals surface area contributed by atoms with Crippen LogP contribution in [0.5, 0.6) is 0 Å². The van der Waals surface area contributed by atoms with Gasteiger partial charge in [0, 0.05) is 25.9 Å². The van der Waals surface area contributed by atoms with E-state index in [9.17, 15) is 19.2 Å². The molecule has 1 saturated carbocycles. The molecule has 3 rings (SSSR count). The molecule has 21 heavy (non-hydrogen) atoms. The lowest BCUT2D eigenvalue weighted by Crippen LogP contribution is -2.46. The minimum Gasteiger partial charge on any atom is -0.340 e. The number of piperidine rings is 1. The summed E-state index contributed by atoms with van der Waals surface area (Å²) in [6.07, 6.45) is 2.24. The van der Waals surface area contributed by atoms with E-state index in [4.69, 9.17) is 0 Å². The van der Waals surface area contributed by atoms with Crippen LogP contribution in [0.15, 0.2) is 0 Å². The molecule has 0 bridgehead atoms. The predicted octanol–water partition coefficient (Wildman–Crippen LogP) is 0.209. The van der Waals surface area contributed by atoms with Gasteiger partial charge in [0.25, 0.3) is 0 Å². The molecule has 0 aromatic heterocycles. The van der Waals surface area contributed by atoms with Crippen molar-refractivity contribution >= 4 is 23.5 Å². The van der Waals surface area contributed by atoms with Crippen LogP contribution in [0.3, 0.4) is 0 Å². The van der Waals surface area contributed by atoms with Crippen LogP contribution in [0.25, 0.3) is 0 Å². The molecule has 2 unspecified atom stereocenters. The fraction of sp³-hybridized carbons (Fsp3) is 0.733. The molecule has 2 saturated heterocycles. The smallest absolute Gasteiger partial charge is 0.242 e. The number of carbonyl (C=O) groups is 4. The molecule has 0 spiro atoms. The topological polar surface area (TPSA) is 74.8 Å². The molecule has 6 nitrogen and oxygen atoms in total. The van der Waals surface area contributed by atoms with Crippen molar-refractivity contribution in [2.24, 2.45) is 17.8 Å². The van der Waals surface area contributed by atoms with Gasteiger partial charge in [0.1, 0.15) is 12.3 Å². The molecule has 2 atom stereocenters. The number of nitrogens with zero attached hydrogens (tertiary/aromatic N) is 2. The third kappa shape index (κ3) is 2.47. The highest BCUT2D eigenvalue weighted by Crippen LogP contribution is 2.42. The van der Waals surface area contributed by atoms with E-state index in [1.54, 1.807) is 4.90 Å². The van der Waals surface area contributed by atoms with Crippen LogP contribution in [0.2, 0.25) is 0 Å². The van der Waals surface area contributed by atoms with Gasteiger partial charge in [0.15, 0.2) is 0 Å². The highest BCUT2D eigenvalue weighted by Gasteiger charge is 2.52. The summed E-state index contributed by atoms with van der Waals surface area (Å²) < 4.78 is 0. The Bertz CT molecular complexity index is 482. The van der Waals surface area contributed by atoms with Crippen LogP contribution in [0.1, 0.15) is 32.6 Å². The van der Waals surface area contributed by atoms with Crippen molar-refractivity contribution in [1.29, 1.82) is 0 Å². The van der Waals surface area contributed by atoms with Crippen molar-refractivity contribution in [1.82, 2.24) is 9.80 Å². The van der Waals surface area contributed by atoms with Crippen molar-refractivity contribution < 1.29 is 19.2 Å². The molecule has 0 aromatic rings. The van der Waals surface area contributed by atoms with Crippen LogP contribution in [0.4, 0.5) is 0 Å². The molecule has 114 valence electrons. The van der Waals surface area contributed by atoms with E-state index < -0.39 is 0 Å². The maximum atomic E-state index is 12.3. The van der Waals surface area contributed by atoms with Gasteiger partial charge in [0.2, 0.25) is 17.7 Å². The van der Waals surface area contributed by atoms with Gasteiger partial charge in [-0.1, -0.05) is 6.92 Å². The van der Waals surface area contributed by atoms with Gasteiger partial charge in [-0.05, 0) is 18.8 Å². The SMILES string of the molecule is CC1CC2C(=O)N(CC(=O)N3CCC(=O)CC3)C(=O)C2C1. The summed E-state index contributed by atoms with van der Waals surface area (Å²) in [5.41, 5.74) is 0. The van der Waals surface area contributed by atoms with Crippen molar-refractivity contribution in [3.05, 3.63) is 0 Å². The Morgan fingerprint density at radius 3 is 2.10 bits per heavy atom. The summed E-state index contributed by atoms with van der Waals surface area (Å²) >= 11 is 0. The predicted molar refractivity (Wildman–Crippen MR) is 72.9 cm³/mol. The van der Waals surface area contributed by atoms with Gasteiger partial charge in [-0.3, -0.25) is 24.1 Å². The summed E-state index contributed by atoms with van der Waals surface area (Å²) in [6, 6.07) is 0. The Balaban J connectivity index is 1.63. The van der Waals surface area contributed by atoms with Gasteiger partial charge in [-0.15, -0.1) is 0 Å². The number of fused-ring (bicyclic) bond motifs is 1. The zero-order valence-electron chi connectivity index (χ0n) is 12.2. The molecule has 3 fully saturated rings. The van der Waals surface area contributed by atoms with Crippen LogP contribution in [-0.4, -0.2) is 52.9 Å². The number of hydrogen-bond donors (Lipinski definition) is 0. The Morgan fingerprint density at radius 2 is 1.57 bits per heavy atom. The average molecular weight is 292 g/mol. The molecule has 3 amide bonds. The maximum Gasteiger partial charge on any atom is 0.242 e. The first-order chi connectivity index (χ1) is 9.97. The normalized spacial score (nSPS) is 32.8. The Hall–Kier alpha value is -1.72. The largest absolute Gasteiger partial charge is 0.340 e. The van der Waals surface area contributed by atoms with Gasteiger partial charge in [-0.2, -0.15) is 0 Å². The van der Waals surface area contributed by atoms with Crippen molar-refractivity contribution in [2.75, 3.05) is 19.6 Å². The molecule has 6 heteroatoms. The minimum atomic E-state index is -0.225. The van der Waals surface area contributed by atoms with Crippen LogP contribution in [0, 0.1) is 17.8 Å². The van der Waals surface area contributed by atoms with Crippen LogP contribution in [-0.2, 0) is 19.2 Å². The molecule has 2 aliphatic heterocycles. The summed E-state index contributed by atoms with van der Waals surface area (Å²) in [5.74, 6) is -0.468. The number of ketones is 1. The van der Waals surface area contributed by atoms with E-state index in [1.807, 2.05) is 0 Å². The second-order valence-corrected chi connectivity index (χ2v) is 6.47. The van der Waals surface area contributed by atoms with Crippen LogP contribution >= 0.6 is 0 Å². The average Bonchev–Trinajstić information content (AvgIpc) is 2.93. The lowest BCUT2D eigenvalue weighted by molar-refractivity contribution is -0.148. The number of hydrogen-bond acceptors (Lipinski definition) is 4. The third-order valence-electron chi connectivity index (χ3n) is 4.93. The quantitative estimate of drug-likeness (QED) is 0.682. The van der Waals surface area contributed by atoms with E-state index >= 15 is 0 Å². The molecule has 1 aliphatic carbocycles. The fourth-order valence-electron chi connectivity index (χ4n) is 3.74. The second kappa shape index (κ2) is 5.24. The Morgan fingerprint density at radius 1 is 1.05 bits per heavy atom. The van der Waals surface area contributed by atoms with E-state index in [0.29, 0.717) is 31.8 Å². The van der Waals surface area contributed by atoms with Crippen molar-refractivity contribution in [3.63, 3.8) is 0 Å². The lowest BCUT2D eigenvalue weighted by atomic mass is 10.00. The number of rotatable bonds is 2. The van der Waals surface area contributed by atoms with E-state index in [1.165, 1.54) is 0 Å². The molecule has 3 aliphatic rings. The molecule has 0 N–H and O–H groups in total. The third-order valence-corrected chi connectivity index (χ3v) is 4.93. The molecule has 0 radical (unpaired) electrons. The fourth-order valence-corrected chi connectivity index (χ4v) is 3.74. The summed E-state index contributed by atoms with van der Waals surface area (Å²) in [7, 11) is 0. The van der Waals surface area contributed by atoms with E-state index in [2.05, 4.69) is 6.92 Å². The van der Waals surface area contributed by atoms with Gasteiger partial charge >= 0.3 is 0 Å². The number of Topliss-reactive ketones (excluding diaryl/α,β-unsaturated/α-hetero) is 1. The molecule has 2 heterocycles. The van der Waals surface area contributed by atoms with Gasteiger partial charge in [-0.25, -0.2) is 0 Å². The first kappa shape index (κ1) is 14.2. The second-order valence-electron chi connectivity index (χ2n) is 6.47. The van der Waals surface area contributed by atoms with Gasteiger partial charge < -0.3 is 4.90 Å². The highest BCUT2D eigenvalue weighted by atomic mass is 16.2. The summed E-state index contributed by atoms with van der Waals surface area (Å²) in [5, 5.41) is 0. The molecule has 0 aromatic carbocycles.